The summed E-state index contributed by atoms with van der Waals surface area (Å²) in [5.74, 6) is 0. The summed E-state index contributed by atoms with van der Waals surface area (Å²) in [4.78, 5) is 7.61. The van der Waals surface area contributed by atoms with Gasteiger partial charge in [-0.15, -0.1) is 0 Å². The summed E-state index contributed by atoms with van der Waals surface area (Å²) >= 11 is 0. The fourth-order valence-corrected chi connectivity index (χ4v) is 7.62. The zero-order chi connectivity index (χ0) is 21.5. The Morgan fingerprint density at radius 3 is 1.81 bits per heavy atom. The van der Waals surface area contributed by atoms with Crippen molar-refractivity contribution in [1.29, 1.82) is 0 Å². The van der Waals surface area contributed by atoms with E-state index in [1.165, 1.54) is 42.3 Å². The van der Waals surface area contributed by atoms with Gasteiger partial charge in [-0.1, -0.05) is 54.6 Å². The number of nitrogens with one attached hydrogen (secondary N) is 1. The second-order valence-corrected chi connectivity index (χ2v) is 11.4. The molecule has 0 aliphatic heterocycles. The molecule has 0 saturated carbocycles. The smallest absolute Gasteiger partial charge is 0.0720 e. The molecular weight excluding hydrogens is 408 g/mol. The van der Waals surface area contributed by atoms with Crippen LogP contribution in [0.4, 0.5) is 0 Å². The Hall–Kier alpha value is -3.69. The van der Waals surface area contributed by atoms with Gasteiger partial charge in [0.25, 0.3) is 0 Å². The van der Waals surface area contributed by atoms with Gasteiger partial charge in [0.1, 0.15) is 0 Å². The van der Waals surface area contributed by atoms with Gasteiger partial charge in [-0.2, -0.15) is 10.0 Å². The van der Waals surface area contributed by atoms with E-state index in [0.29, 0.717) is 0 Å². The topological polar surface area (TPSA) is 20.7 Å². The molecule has 0 atom stereocenters. The van der Waals surface area contributed by atoms with Crippen molar-refractivity contribution < 1.29 is 0 Å². The zero-order valence-corrected chi connectivity index (χ0v) is 18.7. The highest BCUT2D eigenvalue weighted by atomic mass is 32.3. The third-order valence-corrected chi connectivity index (χ3v) is 9.99. The Morgan fingerprint density at radius 2 is 1.19 bits per heavy atom. The van der Waals surface area contributed by atoms with Crippen molar-refractivity contribution in [2.24, 2.45) is 0 Å². The van der Waals surface area contributed by atoms with Crippen molar-refractivity contribution in [1.82, 2.24) is 9.55 Å². The molecule has 6 aromatic rings. The molecule has 0 saturated heterocycles. The summed E-state index contributed by atoms with van der Waals surface area (Å²) in [7, 11) is -1.40. The summed E-state index contributed by atoms with van der Waals surface area (Å²) in [5.41, 5.74) is 4.80. The van der Waals surface area contributed by atoms with Crippen LogP contribution >= 0.6 is 10.0 Å². The number of H-pyrrole nitrogens is 1. The molecule has 0 radical (unpaired) electrons. The normalized spacial score (nSPS) is 12.4. The van der Waals surface area contributed by atoms with Crippen LogP contribution in [0.1, 0.15) is 0 Å². The van der Waals surface area contributed by atoms with Crippen LogP contribution in [0.5, 0.6) is 0 Å². The lowest BCUT2D eigenvalue weighted by Gasteiger charge is -2.37. The number of hydrogen-bond donors (Lipinski definition) is 1. The van der Waals surface area contributed by atoms with Crippen molar-refractivity contribution >= 4 is 32.0 Å². The minimum atomic E-state index is -1.40. The van der Waals surface area contributed by atoms with Crippen molar-refractivity contribution in [2.75, 3.05) is 6.26 Å². The van der Waals surface area contributed by atoms with E-state index in [1.807, 2.05) is 6.20 Å². The number of rotatable bonds is 4. The highest BCUT2D eigenvalue weighted by Gasteiger charge is 2.27. The Balaban J connectivity index is 1.64. The van der Waals surface area contributed by atoms with Crippen LogP contribution in [-0.4, -0.2) is 15.8 Å². The first-order valence-corrected chi connectivity index (χ1v) is 12.9. The fourth-order valence-electron chi connectivity index (χ4n) is 4.71. The predicted molar refractivity (Wildman–Crippen MR) is 136 cm³/mol. The number of aromatic nitrogens is 2. The number of benzene rings is 4. The number of para-hydroxylation sites is 1. The second kappa shape index (κ2) is 7.47. The van der Waals surface area contributed by atoms with Crippen LogP contribution < -0.4 is 0 Å². The summed E-state index contributed by atoms with van der Waals surface area (Å²) in [6, 6.07) is 41.7. The highest BCUT2D eigenvalue weighted by molar-refractivity contribution is 8.33. The Bertz CT molecular complexity index is 1470. The van der Waals surface area contributed by atoms with Gasteiger partial charge in [0, 0.05) is 17.3 Å². The lowest BCUT2D eigenvalue weighted by molar-refractivity contribution is 1.18. The molecular formula is C29H24N2S. The monoisotopic (exact) mass is 432 g/mol. The molecule has 0 fully saturated rings. The third-order valence-electron chi connectivity index (χ3n) is 6.36. The van der Waals surface area contributed by atoms with Gasteiger partial charge in [0.15, 0.2) is 0 Å². The molecule has 156 valence electrons. The minimum absolute atomic E-state index is 1.18. The molecule has 32 heavy (non-hydrogen) atoms. The number of hydrogen-bond acceptors (Lipinski definition) is 0. The molecule has 0 aliphatic rings. The van der Waals surface area contributed by atoms with E-state index in [1.54, 1.807) is 0 Å². The Labute approximate surface area is 189 Å². The van der Waals surface area contributed by atoms with E-state index >= 15 is 0 Å². The molecule has 0 unspecified atom stereocenters. The van der Waals surface area contributed by atoms with E-state index in [2.05, 4.69) is 131 Å². The molecule has 2 nitrogen and oxygen atoms in total. The van der Waals surface area contributed by atoms with Crippen LogP contribution in [0, 0.1) is 0 Å². The van der Waals surface area contributed by atoms with Crippen LogP contribution in [0.25, 0.3) is 27.6 Å². The van der Waals surface area contributed by atoms with Gasteiger partial charge in [0.05, 0.1) is 16.6 Å². The Kier molecular flexibility index (Phi) is 4.44. The molecule has 2 aromatic heterocycles. The maximum absolute atomic E-state index is 3.50. The number of aromatic amines is 1. The Morgan fingerprint density at radius 1 is 0.594 bits per heavy atom. The molecule has 2 heterocycles. The van der Waals surface area contributed by atoms with E-state index in [4.69, 9.17) is 0 Å². The van der Waals surface area contributed by atoms with Gasteiger partial charge in [-0.3, -0.25) is 0 Å². The molecule has 3 heteroatoms. The van der Waals surface area contributed by atoms with E-state index < -0.39 is 10.0 Å². The van der Waals surface area contributed by atoms with Crippen LogP contribution in [-0.2, 0) is 0 Å². The van der Waals surface area contributed by atoms with Crippen molar-refractivity contribution in [3.05, 3.63) is 121 Å². The molecule has 0 amide bonds. The van der Waals surface area contributed by atoms with Gasteiger partial charge in [-0.05, 0) is 81.6 Å². The van der Waals surface area contributed by atoms with Crippen LogP contribution in [0.15, 0.2) is 136 Å². The molecule has 1 N–H and O–H groups in total. The molecule has 4 aromatic carbocycles. The summed E-state index contributed by atoms with van der Waals surface area (Å²) in [6.45, 7) is 0. The first-order valence-electron chi connectivity index (χ1n) is 10.8. The molecule has 0 aliphatic carbocycles. The molecule has 6 rings (SSSR count). The minimum Gasteiger partial charge on any atom is -0.359 e. The standard InChI is InChI=1S/C29H24N2S/c1-32(23-13-7-3-8-14-23,24-15-9-4-10-16-24)25-17-18-27-26(21-25)29-28(19-20-30-29)31(27)22-11-5-2-6-12-22/h2-21,30H,1H3. The van der Waals surface area contributed by atoms with Crippen LogP contribution in [0.3, 0.4) is 0 Å². The lowest BCUT2D eigenvalue weighted by atomic mass is 10.2. The zero-order valence-electron chi connectivity index (χ0n) is 17.9. The predicted octanol–water partition coefficient (Wildman–Crippen LogP) is 8.02. The summed E-state index contributed by atoms with van der Waals surface area (Å²) in [6.07, 6.45) is 4.45. The van der Waals surface area contributed by atoms with E-state index in [0.717, 1.165) is 0 Å². The van der Waals surface area contributed by atoms with Gasteiger partial charge in [-0.25, -0.2) is 0 Å². The molecule has 0 bridgehead atoms. The van der Waals surface area contributed by atoms with Gasteiger partial charge >= 0.3 is 0 Å². The number of nitrogens with zero attached hydrogens (tertiary/aromatic N) is 1. The average molecular weight is 433 g/mol. The van der Waals surface area contributed by atoms with Gasteiger partial charge in [0.2, 0.25) is 0 Å². The maximum atomic E-state index is 3.50. The highest BCUT2D eigenvalue weighted by Crippen LogP contribution is 2.65. The van der Waals surface area contributed by atoms with Crippen molar-refractivity contribution in [2.45, 2.75) is 14.7 Å². The second-order valence-electron chi connectivity index (χ2n) is 8.13. The number of fused-ring (bicyclic) bond motifs is 3. The average Bonchev–Trinajstić information content (AvgIpc) is 3.46. The van der Waals surface area contributed by atoms with Crippen molar-refractivity contribution in [3.63, 3.8) is 0 Å². The fraction of sp³-hybridized carbons (Fsp3) is 0.0345. The lowest BCUT2D eigenvalue weighted by Crippen LogP contribution is -2.01. The van der Waals surface area contributed by atoms with Gasteiger partial charge < -0.3 is 9.55 Å². The quantitative estimate of drug-likeness (QED) is 0.291. The first kappa shape index (κ1) is 19.0. The SMILES string of the molecule is CS(c1ccccc1)(c1ccccc1)c1ccc2c(c1)c1[nH]ccc1n2-c1ccccc1. The summed E-state index contributed by atoms with van der Waals surface area (Å²) < 4.78 is 2.35. The van der Waals surface area contributed by atoms with E-state index in [-0.39, 0.29) is 0 Å². The third kappa shape index (κ3) is 2.82. The van der Waals surface area contributed by atoms with E-state index in [9.17, 15) is 0 Å². The maximum Gasteiger partial charge on any atom is 0.0720 e. The van der Waals surface area contributed by atoms with Crippen LogP contribution in [0.2, 0.25) is 0 Å². The van der Waals surface area contributed by atoms with Crippen molar-refractivity contribution in [3.8, 4) is 5.69 Å². The molecule has 0 spiro atoms. The largest absolute Gasteiger partial charge is 0.359 e. The first-order chi connectivity index (χ1) is 15.8. The summed E-state index contributed by atoms with van der Waals surface area (Å²) in [5, 5.41) is 1.26.